The zero-order chi connectivity index (χ0) is 23.3. The standard InChI is InChI=1S/C24H31N3O4S/c1-4-19-7-9-21(10-8-19)26-23(28)18(3)25-24(29)20-13-15-27(16-14-20)32(30,31)22-11-5-17(2)6-12-22/h5-12,18,20H,4,13-16H2,1-3H3,(H,25,29)(H,26,28)/t18-/m1/s1. The molecule has 1 aliphatic heterocycles. The van der Waals surface area contributed by atoms with E-state index in [9.17, 15) is 18.0 Å². The number of nitrogens with zero attached hydrogens (tertiary/aromatic N) is 1. The molecule has 1 heterocycles. The minimum atomic E-state index is -3.57. The Morgan fingerprint density at radius 3 is 2.19 bits per heavy atom. The van der Waals surface area contributed by atoms with Gasteiger partial charge in [0.05, 0.1) is 4.90 Å². The van der Waals surface area contributed by atoms with Gasteiger partial charge in [0.1, 0.15) is 6.04 Å². The van der Waals surface area contributed by atoms with E-state index in [4.69, 9.17) is 0 Å². The summed E-state index contributed by atoms with van der Waals surface area (Å²) < 4.78 is 27.1. The number of nitrogens with one attached hydrogen (secondary N) is 2. The average Bonchev–Trinajstić information content (AvgIpc) is 2.79. The largest absolute Gasteiger partial charge is 0.344 e. The first kappa shape index (κ1) is 23.9. The highest BCUT2D eigenvalue weighted by molar-refractivity contribution is 7.89. The van der Waals surface area contributed by atoms with Crippen LogP contribution in [0.5, 0.6) is 0 Å². The second-order valence-corrected chi connectivity index (χ2v) is 10.2. The van der Waals surface area contributed by atoms with E-state index < -0.39 is 16.1 Å². The summed E-state index contributed by atoms with van der Waals surface area (Å²) in [6, 6.07) is 13.7. The van der Waals surface area contributed by atoms with E-state index in [1.165, 1.54) is 9.87 Å². The zero-order valence-electron chi connectivity index (χ0n) is 18.8. The Kier molecular flexibility index (Phi) is 7.69. The summed E-state index contributed by atoms with van der Waals surface area (Å²) in [5, 5.41) is 5.57. The van der Waals surface area contributed by atoms with Crippen LogP contribution in [0.3, 0.4) is 0 Å². The molecule has 0 radical (unpaired) electrons. The summed E-state index contributed by atoms with van der Waals surface area (Å²) in [4.78, 5) is 25.4. The van der Waals surface area contributed by atoms with Crippen LogP contribution in [0.1, 0.15) is 37.8 Å². The second kappa shape index (κ2) is 10.3. The Bertz CT molecular complexity index is 1040. The molecule has 7 nitrogen and oxygen atoms in total. The van der Waals surface area contributed by atoms with Crippen molar-refractivity contribution in [2.75, 3.05) is 18.4 Å². The van der Waals surface area contributed by atoms with Crippen molar-refractivity contribution >= 4 is 27.5 Å². The first-order valence-corrected chi connectivity index (χ1v) is 12.4. The lowest BCUT2D eigenvalue weighted by molar-refractivity contribution is -0.129. The summed E-state index contributed by atoms with van der Waals surface area (Å²) >= 11 is 0. The fourth-order valence-corrected chi connectivity index (χ4v) is 5.16. The molecule has 1 fully saturated rings. The molecule has 1 saturated heterocycles. The third kappa shape index (κ3) is 5.75. The maximum absolute atomic E-state index is 12.8. The molecular formula is C24H31N3O4S. The van der Waals surface area contributed by atoms with Crippen LogP contribution in [0.25, 0.3) is 0 Å². The maximum atomic E-state index is 12.8. The van der Waals surface area contributed by atoms with Crippen molar-refractivity contribution in [1.29, 1.82) is 0 Å². The lowest BCUT2D eigenvalue weighted by Gasteiger charge is -2.31. The molecule has 3 rings (SSSR count). The van der Waals surface area contributed by atoms with E-state index in [0.717, 1.165) is 12.0 Å². The molecule has 1 aliphatic rings. The number of carbonyl (C=O) groups is 2. The summed E-state index contributed by atoms with van der Waals surface area (Å²) in [5.74, 6) is -0.832. The fraction of sp³-hybridized carbons (Fsp3) is 0.417. The van der Waals surface area contributed by atoms with Crippen LogP contribution in [0, 0.1) is 12.8 Å². The molecule has 2 amide bonds. The number of benzene rings is 2. The van der Waals surface area contributed by atoms with Gasteiger partial charge in [0, 0.05) is 24.7 Å². The molecule has 0 spiro atoms. The summed E-state index contributed by atoms with van der Waals surface area (Å²) in [6.45, 7) is 6.17. The van der Waals surface area contributed by atoms with Gasteiger partial charge in [-0.1, -0.05) is 36.8 Å². The first-order valence-electron chi connectivity index (χ1n) is 11.0. The molecule has 0 saturated carbocycles. The van der Waals surface area contributed by atoms with Gasteiger partial charge >= 0.3 is 0 Å². The third-order valence-electron chi connectivity index (χ3n) is 5.87. The minimum Gasteiger partial charge on any atom is -0.344 e. The molecule has 2 aromatic rings. The van der Waals surface area contributed by atoms with Crippen LogP contribution < -0.4 is 10.6 Å². The lowest BCUT2D eigenvalue weighted by Crippen LogP contribution is -2.47. The van der Waals surface area contributed by atoms with Crippen molar-refractivity contribution in [3.8, 4) is 0 Å². The Labute approximate surface area is 190 Å². The van der Waals surface area contributed by atoms with Crippen LogP contribution in [0.4, 0.5) is 5.69 Å². The van der Waals surface area contributed by atoms with Gasteiger partial charge in [-0.15, -0.1) is 0 Å². The smallest absolute Gasteiger partial charge is 0.246 e. The molecule has 172 valence electrons. The van der Waals surface area contributed by atoms with Gasteiger partial charge < -0.3 is 10.6 Å². The van der Waals surface area contributed by atoms with Gasteiger partial charge in [0.15, 0.2) is 0 Å². The number of anilines is 1. The van der Waals surface area contributed by atoms with Crippen molar-refractivity contribution in [2.24, 2.45) is 5.92 Å². The number of piperidine rings is 1. The molecule has 2 aromatic carbocycles. The van der Waals surface area contributed by atoms with E-state index in [1.807, 2.05) is 31.2 Å². The Morgan fingerprint density at radius 1 is 1.03 bits per heavy atom. The molecule has 8 heteroatoms. The summed E-state index contributed by atoms with van der Waals surface area (Å²) in [7, 11) is -3.57. The highest BCUT2D eigenvalue weighted by atomic mass is 32.2. The molecule has 0 bridgehead atoms. The van der Waals surface area contributed by atoms with Crippen molar-refractivity contribution in [3.05, 3.63) is 59.7 Å². The Morgan fingerprint density at radius 2 is 1.62 bits per heavy atom. The summed E-state index contributed by atoms with van der Waals surface area (Å²) in [6.07, 6.45) is 1.76. The van der Waals surface area contributed by atoms with Gasteiger partial charge in [-0.2, -0.15) is 4.31 Å². The second-order valence-electron chi connectivity index (χ2n) is 8.26. The van der Waals surface area contributed by atoms with Gasteiger partial charge in [-0.3, -0.25) is 9.59 Å². The highest BCUT2D eigenvalue weighted by Gasteiger charge is 2.32. The predicted octanol–water partition coefficient (Wildman–Crippen LogP) is 3.10. The molecule has 32 heavy (non-hydrogen) atoms. The molecule has 0 unspecified atom stereocenters. The van der Waals surface area contributed by atoms with Crippen LogP contribution in [-0.4, -0.2) is 43.7 Å². The predicted molar refractivity (Wildman–Crippen MR) is 125 cm³/mol. The number of aryl methyl sites for hydroxylation is 2. The number of rotatable bonds is 7. The maximum Gasteiger partial charge on any atom is 0.246 e. The van der Waals surface area contributed by atoms with Crippen molar-refractivity contribution in [3.63, 3.8) is 0 Å². The topological polar surface area (TPSA) is 95.6 Å². The minimum absolute atomic E-state index is 0.221. The highest BCUT2D eigenvalue weighted by Crippen LogP contribution is 2.24. The molecule has 2 N–H and O–H groups in total. The Balaban J connectivity index is 1.51. The SMILES string of the molecule is CCc1ccc(NC(=O)[C@@H](C)NC(=O)C2CCN(S(=O)(=O)c3ccc(C)cc3)CC2)cc1. The molecule has 1 atom stereocenters. The third-order valence-corrected chi connectivity index (χ3v) is 7.78. The van der Waals surface area contributed by atoms with E-state index >= 15 is 0 Å². The Hall–Kier alpha value is -2.71. The van der Waals surface area contributed by atoms with Crippen LogP contribution >= 0.6 is 0 Å². The molecule has 0 aromatic heterocycles. The van der Waals surface area contributed by atoms with Crippen LogP contribution in [0.15, 0.2) is 53.4 Å². The molecular weight excluding hydrogens is 426 g/mol. The average molecular weight is 458 g/mol. The summed E-state index contributed by atoms with van der Waals surface area (Å²) in [5.41, 5.74) is 2.86. The number of hydrogen-bond acceptors (Lipinski definition) is 4. The monoisotopic (exact) mass is 457 g/mol. The van der Waals surface area contributed by atoms with Gasteiger partial charge in [-0.25, -0.2) is 8.42 Å². The zero-order valence-corrected chi connectivity index (χ0v) is 19.6. The number of amides is 2. The van der Waals surface area contributed by atoms with E-state index in [1.54, 1.807) is 31.2 Å². The van der Waals surface area contributed by atoms with Crippen molar-refractivity contribution in [2.45, 2.75) is 51.0 Å². The van der Waals surface area contributed by atoms with E-state index in [2.05, 4.69) is 17.6 Å². The number of hydrogen-bond donors (Lipinski definition) is 2. The van der Waals surface area contributed by atoms with Gasteiger partial charge in [0.2, 0.25) is 21.8 Å². The number of carbonyl (C=O) groups excluding carboxylic acids is 2. The van der Waals surface area contributed by atoms with E-state index in [-0.39, 0.29) is 35.7 Å². The van der Waals surface area contributed by atoms with Crippen molar-refractivity contribution in [1.82, 2.24) is 9.62 Å². The van der Waals surface area contributed by atoms with E-state index in [0.29, 0.717) is 18.5 Å². The van der Waals surface area contributed by atoms with Crippen LogP contribution in [-0.2, 0) is 26.0 Å². The van der Waals surface area contributed by atoms with Gasteiger partial charge in [0.25, 0.3) is 0 Å². The quantitative estimate of drug-likeness (QED) is 0.668. The first-order chi connectivity index (χ1) is 15.2. The van der Waals surface area contributed by atoms with Crippen LogP contribution in [0.2, 0.25) is 0 Å². The number of sulfonamides is 1. The lowest BCUT2D eigenvalue weighted by atomic mass is 9.97. The fourth-order valence-electron chi connectivity index (χ4n) is 3.69. The molecule has 0 aliphatic carbocycles. The normalized spacial score (nSPS) is 16.3. The van der Waals surface area contributed by atoms with Crippen molar-refractivity contribution < 1.29 is 18.0 Å². The van der Waals surface area contributed by atoms with Gasteiger partial charge in [-0.05, 0) is 62.9 Å².